The zero-order chi connectivity index (χ0) is 30.2. The molecular formula is C32H41N7O3. The number of carbonyl (C=O) groups is 2. The Hall–Kier alpha value is -4.41. The molecule has 1 amide bonds. The Bertz CT molecular complexity index is 1400. The summed E-state index contributed by atoms with van der Waals surface area (Å²) in [7, 11) is 9.71. The monoisotopic (exact) mass is 571 g/mol. The Labute approximate surface area is 248 Å². The topological polar surface area (TPSA) is 93.3 Å². The number of methoxy groups -OCH3 is 1. The van der Waals surface area contributed by atoms with E-state index in [0.29, 0.717) is 34.1 Å². The van der Waals surface area contributed by atoms with Crippen molar-refractivity contribution in [1.82, 2.24) is 14.8 Å². The minimum atomic E-state index is -0.322. The van der Waals surface area contributed by atoms with E-state index in [1.165, 1.54) is 6.08 Å². The largest absolute Gasteiger partial charge is 0.494 e. The molecule has 1 saturated heterocycles. The number of likely N-dealkylation sites (N-methyl/N-ethyl adjacent to an activating group) is 3. The molecule has 0 unspecified atom stereocenters. The highest BCUT2D eigenvalue weighted by Gasteiger charge is 2.18. The zero-order valence-corrected chi connectivity index (χ0v) is 25.2. The van der Waals surface area contributed by atoms with Crippen LogP contribution in [0.1, 0.15) is 15.9 Å². The van der Waals surface area contributed by atoms with Crippen molar-refractivity contribution in [2.45, 2.75) is 0 Å². The van der Waals surface area contributed by atoms with Gasteiger partial charge in [-0.2, -0.15) is 0 Å². The van der Waals surface area contributed by atoms with Gasteiger partial charge in [0.05, 0.1) is 24.2 Å². The van der Waals surface area contributed by atoms with Crippen molar-refractivity contribution in [3.8, 4) is 5.75 Å². The number of rotatable bonds is 12. The van der Waals surface area contributed by atoms with Gasteiger partial charge in [-0.15, -0.1) is 0 Å². The average Bonchev–Trinajstić information content (AvgIpc) is 3.00. The predicted octanol–water partition coefficient (Wildman–Crippen LogP) is 3.94. The molecule has 2 aromatic carbocycles. The third-order valence-corrected chi connectivity index (χ3v) is 7.34. The van der Waals surface area contributed by atoms with E-state index < -0.39 is 0 Å². The fourth-order valence-electron chi connectivity index (χ4n) is 4.74. The standard InChI is InChI=1S/C32H41N7O3/c1-7-31(40)35-26-21-27(29(42-6)22-28(26)38(5)17-14-36(2)3)34-30-20-24(12-13-33-30)32(41)23-8-10-25(11-9-23)39-18-15-37(4)16-19-39/h7-13,20-22H,1,14-19H2,2-6H3,(H,33,34)(H,35,40). The highest BCUT2D eigenvalue weighted by atomic mass is 16.5. The Morgan fingerprint density at radius 1 is 0.976 bits per heavy atom. The van der Waals surface area contributed by atoms with Crippen LogP contribution in [0.15, 0.2) is 67.4 Å². The van der Waals surface area contributed by atoms with Crippen LogP contribution in [-0.4, -0.2) is 101 Å². The summed E-state index contributed by atoms with van der Waals surface area (Å²) in [6.45, 7) is 9.14. The third-order valence-electron chi connectivity index (χ3n) is 7.34. The maximum absolute atomic E-state index is 13.4. The summed E-state index contributed by atoms with van der Waals surface area (Å²) in [5, 5.41) is 6.17. The van der Waals surface area contributed by atoms with Crippen molar-refractivity contribution in [2.75, 3.05) is 95.0 Å². The number of ether oxygens (including phenoxy) is 1. The number of hydrogen-bond donors (Lipinski definition) is 2. The van der Waals surface area contributed by atoms with Crippen molar-refractivity contribution in [2.24, 2.45) is 0 Å². The van der Waals surface area contributed by atoms with E-state index in [1.807, 2.05) is 51.5 Å². The number of anilines is 5. The molecule has 0 aliphatic carbocycles. The molecule has 2 N–H and O–H groups in total. The van der Waals surface area contributed by atoms with Gasteiger partial charge in [0, 0.05) is 75.4 Å². The lowest BCUT2D eigenvalue weighted by Gasteiger charge is -2.34. The summed E-state index contributed by atoms with van der Waals surface area (Å²) in [5.74, 6) is 0.631. The summed E-state index contributed by atoms with van der Waals surface area (Å²) in [4.78, 5) is 38.9. The van der Waals surface area contributed by atoms with Crippen LogP contribution in [0.5, 0.6) is 5.75 Å². The Balaban J connectivity index is 1.56. The second-order valence-corrected chi connectivity index (χ2v) is 10.7. The van der Waals surface area contributed by atoms with Gasteiger partial charge in [-0.3, -0.25) is 9.59 Å². The first-order valence-corrected chi connectivity index (χ1v) is 14.0. The highest BCUT2D eigenvalue weighted by molar-refractivity contribution is 6.09. The van der Waals surface area contributed by atoms with Gasteiger partial charge >= 0.3 is 0 Å². The van der Waals surface area contributed by atoms with Gasteiger partial charge in [-0.05, 0) is 69.7 Å². The Morgan fingerprint density at radius 2 is 1.69 bits per heavy atom. The van der Waals surface area contributed by atoms with Gasteiger partial charge in [0.1, 0.15) is 11.6 Å². The number of ketones is 1. The van der Waals surface area contributed by atoms with Gasteiger partial charge < -0.3 is 35.0 Å². The maximum Gasteiger partial charge on any atom is 0.247 e. The summed E-state index contributed by atoms with van der Waals surface area (Å²) in [6.07, 6.45) is 2.83. The fourth-order valence-corrected chi connectivity index (χ4v) is 4.74. The maximum atomic E-state index is 13.4. The second-order valence-electron chi connectivity index (χ2n) is 10.7. The molecule has 0 saturated carbocycles. The lowest BCUT2D eigenvalue weighted by molar-refractivity contribution is -0.111. The number of amides is 1. The van der Waals surface area contributed by atoms with Crippen molar-refractivity contribution in [3.05, 3.63) is 78.5 Å². The smallest absolute Gasteiger partial charge is 0.247 e. The molecule has 2 heterocycles. The summed E-state index contributed by atoms with van der Waals surface area (Å²) in [6, 6.07) is 14.9. The summed E-state index contributed by atoms with van der Waals surface area (Å²) in [5.41, 5.74) is 4.24. The fraction of sp³-hybridized carbons (Fsp3) is 0.344. The number of piperazine rings is 1. The first-order valence-electron chi connectivity index (χ1n) is 14.0. The van der Waals surface area contributed by atoms with Gasteiger partial charge in [-0.1, -0.05) is 6.58 Å². The summed E-state index contributed by atoms with van der Waals surface area (Å²) < 4.78 is 5.70. The number of carbonyl (C=O) groups excluding carboxylic acids is 2. The molecule has 222 valence electrons. The average molecular weight is 572 g/mol. The van der Waals surface area contributed by atoms with Crippen molar-refractivity contribution in [1.29, 1.82) is 0 Å². The number of hydrogen-bond acceptors (Lipinski definition) is 9. The van der Waals surface area contributed by atoms with E-state index in [2.05, 4.69) is 48.8 Å². The number of benzene rings is 2. The van der Waals surface area contributed by atoms with E-state index in [4.69, 9.17) is 4.74 Å². The molecule has 4 rings (SSSR count). The number of pyridine rings is 1. The van der Waals surface area contributed by atoms with E-state index >= 15 is 0 Å². The van der Waals surface area contributed by atoms with E-state index in [-0.39, 0.29) is 11.7 Å². The van der Waals surface area contributed by atoms with Gasteiger partial charge in [0.2, 0.25) is 5.91 Å². The molecule has 1 aliphatic heterocycles. The molecule has 3 aromatic rings. The minimum absolute atomic E-state index is 0.0888. The van der Waals surface area contributed by atoms with Gasteiger partial charge in [0.15, 0.2) is 5.78 Å². The van der Waals surface area contributed by atoms with E-state index in [1.54, 1.807) is 31.5 Å². The van der Waals surface area contributed by atoms with E-state index in [9.17, 15) is 9.59 Å². The molecule has 0 spiro atoms. The van der Waals surface area contributed by atoms with Crippen LogP contribution in [0.4, 0.5) is 28.6 Å². The van der Waals surface area contributed by atoms with Crippen molar-refractivity contribution < 1.29 is 14.3 Å². The van der Waals surface area contributed by atoms with Crippen LogP contribution in [0.3, 0.4) is 0 Å². The SMILES string of the molecule is C=CC(=O)Nc1cc(Nc2cc(C(=O)c3ccc(N4CCN(C)CC4)cc3)ccn2)c(OC)cc1N(C)CCN(C)C. The number of aromatic nitrogens is 1. The Morgan fingerprint density at radius 3 is 2.33 bits per heavy atom. The second kappa shape index (κ2) is 14.0. The summed E-state index contributed by atoms with van der Waals surface area (Å²) >= 11 is 0. The van der Waals surface area contributed by atoms with Gasteiger partial charge in [-0.25, -0.2) is 4.98 Å². The Kier molecular flexibility index (Phi) is 10.2. The molecule has 10 nitrogen and oxygen atoms in total. The third kappa shape index (κ3) is 7.65. The molecular weight excluding hydrogens is 530 g/mol. The minimum Gasteiger partial charge on any atom is -0.494 e. The lowest BCUT2D eigenvalue weighted by Crippen LogP contribution is -2.44. The number of nitrogens with one attached hydrogen (secondary N) is 2. The van der Waals surface area contributed by atoms with Crippen molar-refractivity contribution >= 4 is 40.3 Å². The lowest BCUT2D eigenvalue weighted by atomic mass is 10.0. The molecule has 0 radical (unpaired) electrons. The molecule has 1 aromatic heterocycles. The van der Waals surface area contributed by atoms with Crippen molar-refractivity contribution in [3.63, 3.8) is 0 Å². The first-order chi connectivity index (χ1) is 20.2. The van der Waals surface area contributed by atoms with Crippen LogP contribution in [0.2, 0.25) is 0 Å². The molecule has 42 heavy (non-hydrogen) atoms. The normalized spacial score (nSPS) is 13.5. The molecule has 0 atom stereocenters. The van der Waals surface area contributed by atoms with Crippen LogP contribution in [-0.2, 0) is 4.79 Å². The molecule has 10 heteroatoms. The van der Waals surface area contributed by atoms with Crippen LogP contribution >= 0.6 is 0 Å². The highest BCUT2D eigenvalue weighted by Crippen LogP contribution is 2.38. The first kappa shape index (κ1) is 30.5. The molecule has 0 bridgehead atoms. The molecule has 1 aliphatic rings. The quantitative estimate of drug-likeness (QED) is 0.248. The van der Waals surface area contributed by atoms with E-state index in [0.717, 1.165) is 50.6 Å². The van der Waals surface area contributed by atoms with Crippen LogP contribution < -0.4 is 25.2 Å². The van der Waals surface area contributed by atoms with Crippen LogP contribution in [0.25, 0.3) is 0 Å². The predicted molar refractivity (Wildman–Crippen MR) is 171 cm³/mol. The number of nitrogens with zero attached hydrogens (tertiary/aromatic N) is 5. The van der Waals surface area contributed by atoms with Crippen LogP contribution in [0, 0.1) is 0 Å². The zero-order valence-electron chi connectivity index (χ0n) is 25.2. The van der Waals surface area contributed by atoms with Gasteiger partial charge in [0.25, 0.3) is 0 Å². The molecule has 1 fully saturated rings.